The molecule has 2 aromatic rings. The molecule has 1 aromatic heterocycles. The van der Waals surface area contributed by atoms with Crippen LogP contribution < -0.4 is 15.8 Å². The van der Waals surface area contributed by atoms with Crippen LogP contribution in [0.25, 0.3) is 0 Å². The monoisotopic (exact) mass is 446 g/mol. The number of guanidine groups is 1. The van der Waals surface area contributed by atoms with Crippen LogP contribution in [-0.4, -0.2) is 30.6 Å². The second-order valence-corrected chi connectivity index (χ2v) is 4.98. The maximum absolute atomic E-state index is 5.94. The van der Waals surface area contributed by atoms with E-state index >= 15 is 0 Å². The summed E-state index contributed by atoms with van der Waals surface area (Å²) < 4.78 is 5.44. The van der Waals surface area contributed by atoms with Gasteiger partial charge in [-0.1, -0.05) is 41.9 Å². The standard InChI is InChI=1S/C16H19ClN4O.HI/c17-14-7-4-9-19-15(14)22-12-11-21-16(18)20-10-8-13-5-2-1-3-6-13;/h1-7,9H,8,10-12H2,(H3,18,20,21);1H. The molecule has 0 saturated heterocycles. The topological polar surface area (TPSA) is 72.5 Å². The Morgan fingerprint density at radius 3 is 2.74 bits per heavy atom. The predicted octanol–water partition coefficient (Wildman–Crippen LogP) is 2.88. The smallest absolute Gasteiger partial charge is 0.232 e. The summed E-state index contributed by atoms with van der Waals surface area (Å²) in [6.45, 7) is 1.59. The van der Waals surface area contributed by atoms with Crippen molar-refractivity contribution in [1.82, 2.24) is 10.3 Å². The van der Waals surface area contributed by atoms with E-state index in [4.69, 9.17) is 22.1 Å². The minimum absolute atomic E-state index is 0. The summed E-state index contributed by atoms with van der Waals surface area (Å²) >= 11 is 5.94. The van der Waals surface area contributed by atoms with E-state index in [-0.39, 0.29) is 24.0 Å². The number of hydrogen-bond acceptors (Lipinski definition) is 3. The molecule has 3 N–H and O–H groups in total. The van der Waals surface area contributed by atoms with Gasteiger partial charge in [0.05, 0.1) is 6.54 Å². The van der Waals surface area contributed by atoms with Crippen LogP contribution in [0.4, 0.5) is 0 Å². The van der Waals surface area contributed by atoms with Crippen LogP contribution >= 0.6 is 35.6 Å². The molecule has 0 spiro atoms. The van der Waals surface area contributed by atoms with Crippen molar-refractivity contribution in [1.29, 1.82) is 0 Å². The van der Waals surface area contributed by atoms with Crippen LogP contribution in [0.15, 0.2) is 53.7 Å². The van der Waals surface area contributed by atoms with Gasteiger partial charge >= 0.3 is 0 Å². The van der Waals surface area contributed by atoms with Crippen LogP contribution in [-0.2, 0) is 6.42 Å². The highest BCUT2D eigenvalue weighted by Gasteiger charge is 2.00. The molecule has 0 bridgehead atoms. The lowest BCUT2D eigenvalue weighted by molar-refractivity contribution is 0.310. The molecule has 0 fully saturated rings. The van der Waals surface area contributed by atoms with Gasteiger partial charge in [0.25, 0.3) is 0 Å². The van der Waals surface area contributed by atoms with Crippen molar-refractivity contribution in [2.24, 2.45) is 10.7 Å². The van der Waals surface area contributed by atoms with Gasteiger partial charge in [-0.3, -0.25) is 4.99 Å². The molecule has 1 heterocycles. The van der Waals surface area contributed by atoms with Gasteiger partial charge in [-0.25, -0.2) is 4.98 Å². The maximum atomic E-state index is 5.94. The average Bonchev–Trinajstić information content (AvgIpc) is 2.54. The maximum Gasteiger partial charge on any atom is 0.232 e. The van der Waals surface area contributed by atoms with Gasteiger partial charge in [0, 0.05) is 12.7 Å². The summed E-state index contributed by atoms with van der Waals surface area (Å²) in [5, 5.41) is 3.48. The normalized spacial score (nSPS) is 10.7. The molecule has 23 heavy (non-hydrogen) atoms. The molecule has 0 radical (unpaired) electrons. The fourth-order valence-corrected chi connectivity index (χ4v) is 1.99. The number of rotatable bonds is 7. The van der Waals surface area contributed by atoms with Crippen LogP contribution in [0.2, 0.25) is 5.02 Å². The van der Waals surface area contributed by atoms with Crippen molar-refractivity contribution in [2.45, 2.75) is 6.42 Å². The van der Waals surface area contributed by atoms with Gasteiger partial charge in [-0.05, 0) is 24.1 Å². The van der Waals surface area contributed by atoms with Gasteiger partial charge in [-0.2, -0.15) is 0 Å². The molecule has 0 aliphatic rings. The highest BCUT2D eigenvalue weighted by atomic mass is 127. The zero-order chi connectivity index (χ0) is 15.6. The van der Waals surface area contributed by atoms with Crippen molar-refractivity contribution in [2.75, 3.05) is 19.7 Å². The fourth-order valence-electron chi connectivity index (χ4n) is 1.81. The Hall–Kier alpha value is -1.54. The Kier molecular flexibility index (Phi) is 9.39. The van der Waals surface area contributed by atoms with Crippen LogP contribution in [0.5, 0.6) is 5.88 Å². The number of nitrogens with two attached hydrogens (primary N) is 1. The molecule has 2 rings (SSSR count). The minimum Gasteiger partial charge on any atom is -0.475 e. The molecule has 7 heteroatoms. The van der Waals surface area contributed by atoms with Crippen molar-refractivity contribution in [3.05, 3.63) is 59.2 Å². The van der Waals surface area contributed by atoms with E-state index in [1.165, 1.54) is 5.56 Å². The fraction of sp³-hybridized carbons (Fsp3) is 0.250. The number of benzene rings is 1. The van der Waals surface area contributed by atoms with E-state index < -0.39 is 0 Å². The van der Waals surface area contributed by atoms with Crippen molar-refractivity contribution >= 4 is 41.5 Å². The lowest BCUT2D eigenvalue weighted by Gasteiger charge is -2.08. The first-order valence-corrected chi connectivity index (χ1v) is 7.44. The van der Waals surface area contributed by atoms with Crippen molar-refractivity contribution in [3.8, 4) is 5.88 Å². The first-order valence-electron chi connectivity index (χ1n) is 7.07. The van der Waals surface area contributed by atoms with Gasteiger partial charge < -0.3 is 15.8 Å². The van der Waals surface area contributed by atoms with Crippen LogP contribution in [0, 0.1) is 0 Å². The van der Waals surface area contributed by atoms with Gasteiger partial charge in [0.1, 0.15) is 11.6 Å². The molecule has 5 nitrogen and oxygen atoms in total. The van der Waals surface area contributed by atoms with E-state index in [0.29, 0.717) is 36.6 Å². The molecule has 1 aromatic carbocycles. The van der Waals surface area contributed by atoms with Crippen LogP contribution in [0.3, 0.4) is 0 Å². The second-order valence-electron chi connectivity index (χ2n) is 4.57. The van der Waals surface area contributed by atoms with E-state index in [2.05, 4.69) is 27.4 Å². The van der Waals surface area contributed by atoms with Crippen molar-refractivity contribution < 1.29 is 4.74 Å². The zero-order valence-electron chi connectivity index (χ0n) is 12.6. The minimum atomic E-state index is 0. The van der Waals surface area contributed by atoms with Gasteiger partial charge in [0.2, 0.25) is 5.88 Å². The molecule has 0 atom stereocenters. The summed E-state index contributed by atoms with van der Waals surface area (Å²) in [5.74, 6) is 0.831. The largest absolute Gasteiger partial charge is 0.475 e. The first-order chi connectivity index (χ1) is 10.8. The third-order valence-corrected chi connectivity index (χ3v) is 3.18. The SMILES string of the molecule is I.NC(=NCCc1ccccc1)NCCOc1ncccc1Cl. The predicted molar refractivity (Wildman–Crippen MR) is 105 cm³/mol. The lowest BCUT2D eigenvalue weighted by Crippen LogP contribution is -2.35. The number of aromatic nitrogens is 1. The van der Waals surface area contributed by atoms with Gasteiger partial charge in [0.15, 0.2) is 5.96 Å². The van der Waals surface area contributed by atoms with Crippen LogP contribution in [0.1, 0.15) is 5.56 Å². The number of nitrogens with zero attached hydrogens (tertiary/aromatic N) is 2. The number of aliphatic imine (C=N–C) groups is 1. The molecular formula is C16H20ClIN4O. The molecule has 0 aliphatic carbocycles. The molecule has 0 aliphatic heterocycles. The highest BCUT2D eigenvalue weighted by molar-refractivity contribution is 14.0. The molecule has 0 unspecified atom stereocenters. The Balaban J connectivity index is 0.00000264. The average molecular weight is 447 g/mol. The van der Waals surface area contributed by atoms with Gasteiger partial charge in [-0.15, -0.1) is 24.0 Å². The van der Waals surface area contributed by atoms with E-state index in [9.17, 15) is 0 Å². The Morgan fingerprint density at radius 2 is 2.00 bits per heavy atom. The number of pyridine rings is 1. The second kappa shape index (κ2) is 11.1. The summed E-state index contributed by atoms with van der Waals surface area (Å²) in [4.78, 5) is 8.30. The van der Waals surface area contributed by atoms with E-state index in [1.807, 2.05) is 18.2 Å². The first kappa shape index (κ1) is 19.5. The van der Waals surface area contributed by atoms with Crippen molar-refractivity contribution in [3.63, 3.8) is 0 Å². The molecule has 0 saturated carbocycles. The zero-order valence-corrected chi connectivity index (χ0v) is 15.7. The Bertz CT molecular complexity index is 610. The molecular weight excluding hydrogens is 427 g/mol. The summed E-state index contributed by atoms with van der Waals surface area (Å²) in [7, 11) is 0. The Morgan fingerprint density at radius 1 is 1.22 bits per heavy atom. The lowest BCUT2D eigenvalue weighted by atomic mass is 10.2. The Labute approximate surface area is 158 Å². The highest BCUT2D eigenvalue weighted by Crippen LogP contribution is 2.19. The molecule has 124 valence electrons. The number of nitrogens with one attached hydrogen (secondary N) is 1. The summed E-state index contributed by atoms with van der Waals surface area (Å²) in [5.41, 5.74) is 7.03. The van der Waals surface area contributed by atoms with E-state index in [0.717, 1.165) is 6.42 Å². The number of ether oxygens (including phenoxy) is 1. The quantitative estimate of drug-likeness (QED) is 0.297. The number of halogens is 2. The third kappa shape index (κ3) is 7.51. The molecule has 0 amide bonds. The third-order valence-electron chi connectivity index (χ3n) is 2.90. The summed E-state index contributed by atoms with van der Waals surface area (Å²) in [6.07, 6.45) is 2.50. The van der Waals surface area contributed by atoms with E-state index in [1.54, 1.807) is 18.3 Å². The number of hydrogen-bond donors (Lipinski definition) is 2. The summed E-state index contributed by atoms with van der Waals surface area (Å²) in [6, 6.07) is 13.7.